The fraction of sp³-hybridized carbons (Fsp3) is 0.364. The summed E-state index contributed by atoms with van der Waals surface area (Å²) in [6.07, 6.45) is 1.12. The van der Waals surface area contributed by atoms with Crippen molar-refractivity contribution in [1.29, 1.82) is 0 Å². The van der Waals surface area contributed by atoms with E-state index in [1.807, 2.05) is 25.1 Å². The highest BCUT2D eigenvalue weighted by molar-refractivity contribution is 6.31. The molecule has 2 rings (SSSR count). The molecule has 0 aliphatic heterocycles. The summed E-state index contributed by atoms with van der Waals surface area (Å²) in [5, 5.41) is 0.749. The molecule has 0 spiro atoms. The fourth-order valence-corrected chi connectivity index (χ4v) is 1.90. The molecule has 0 atom stereocenters. The quantitative estimate of drug-likeness (QED) is 0.740. The van der Waals surface area contributed by atoms with Gasteiger partial charge in [-0.25, -0.2) is 4.98 Å². The van der Waals surface area contributed by atoms with Gasteiger partial charge >= 0.3 is 0 Å². The Bertz CT molecular complexity index is 460. The highest BCUT2D eigenvalue weighted by Crippen LogP contribution is 2.20. The lowest BCUT2D eigenvalue weighted by Gasteiger charge is -2.03. The first-order valence-corrected chi connectivity index (χ1v) is 5.22. The summed E-state index contributed by atoms with van der Waals surface area (Å²) in [4.78, 5) is 4.47. The number of halogens is 1. The average Bonchev–Trinajstić information content (AvgIpc) is 2.43. The third-order valence-electron chi connectivity index (χ3n) is 2.35. The Morgan fingerprint density at radius 1 is 1.43 bits per heavy atom. The van der Waals surface area contributed by atoms with Gasteiger partial charge in [-0.15, -0.1) is 0 Å². The molecule has 0 radical (unpaired) electrons. The predicted octanol–water partition coefficient (Wildman–Crippen LogP) is 3.41. The van der Waals surface area contributed by atoms with Gasteiger partial charge < -0.3 is 4.57 Å². The van der Waals surface area contributed by atoms with Crippen molar-refractivity contribution in [1.82, 2.24) is 9.55 Å². The number of benzene rings is 1. The maximum atomic E-state index is 5.91. The highest BCUT2D eigenvalue weighted by Gasteiger charge is 2.05. The van der Waals surface area contributed by atoms with Crippen molar-refractivity contribution in [2.75, 3.05) is 0 Å². The first kappa shape index (κ1) is 9.53. The first-order valence-electron chi connectivity index (χ1n) is 4.84. The van der Waals surface area contributed by atoms with E-state index >= 15 is 0 Å². The molecule has 14 heavy (non-hydrogen) atoms. The summed E-state index contributed by atoms with van der Waals surface area (Å²) in [5.74, 6) is 1.06. The number of imidazole rings is 1. The molecule has 0 aliphatic carbocycles. The zero-order valence-electron chi connectivity index (χ0n) is 8.42. The second-order valence-corrected chi connectivity index (χ2v) is 3.88. The summed E-state index contributed by atoms with van der Waals surface area (Å²) < 4.78 is 2.23. The van der Waals surface area contributed by atoms with E-state index in [1.165, 1.54) is 5.52 Å². The van der Waals surface area contributed by atoms with E-state index in [4.69, 9.17) is 11.6 Å². The number of aromatic nitrogens is 2. The van der Waals surface area contributed by atoms with Crippen molar-refractivity contribution in [2.24, 2.45) is 0 Å². The third kappa shape index (κ3) is 1.50. The summed E-state index contributed by atoms with van der Waals surface area (Å²) >= 11 is 5.91. The molecule has 0 N–H and O–H groups in total. The molecule has 74 valence electrons. The first-order chi connectivity index (χ1) is 6.72. The number of aryl methyl sites for hydroxylation is 2. The fourth-order valence-electron chi connectivity index (χ4n) is 1.73. The SMILES string of the molecule is CCCn1c(C)nc2cc(Cl)ccc21. The van der Waals surface area contributed by atoms with Crippen molar-refractivity contribution < 1.29 is 0 Å². The molecule has 2 nitrogen and oxygen atoms in total. The molecule has 0 bridgehead atoms. The molecule has 3 heteroatoms. The summed E-state index contributed by atoms with van der Waals surface area (Å²) in [6, 6.07) is 5.86. The average molecular weight is 209 g/mol. The van der Waals surface area contributed by atoms with Gasteiger partial charge in [0.1, 0.15) is 5.82 Å². The molecule has 0 saturated carbocycles. The van der Waals surface area contributed by atoms with Crippen molar-refractivity contribution >= 4 is 22.6 Å². The maximum Gasteiger partial charge on any atom is 0.106 e. The Morgan fingerprint density at radius 2 is 2.21 bits per heavy atom. The molecule has 0 fully saturated rings. The van der Waals surface area contributed by atoms with Crippen LogP contribution in [0.1, 0.15) is 19.2 Å². The van der Waals surface area contributed by atoms with Crippen LogP contribution in [0, 0.1) is 6.92 Å². The lowest BCUT2D eigenvalue weighted by Crippen LogP contribution is -1.98. The van der Waals surface area contributed by atoms with Gasteiger partial charge in [-0.05, 0) is 31.5 Å². The Hall–Kier alpha value is -1.02. The minimum absolute atomic E-state index is 0.749. The summed E-state index contributed by atoms with van der Waals surface area (Å²) in [7, 11) is 0. The molecule has 0 unspecified atom stereocenters. The molecule has 0 saturated heterocycles. The van der Waals surface area contributed by atoms with Crippen LogP contribution in [0.5, 0.6) is 0 Å². The van der Waals surface area contributed by atoms with Crippen molar-refractivity contribution in [3.63, 3.8) is 0 Å². The van der Waals surface area contributed by atoms with Gasteiger partial charge in [-0.2, -0.15) is 0 Å². The number of rotatable bonds is 2. The number of nitrogens with zero attached hydrogens (tertiary/aromatic N) is 2. The zero-order valence-corrected chi connectivity index (χ0v) is 9.17. The molecule has 1 heterocycles. The van der Waals surface area contributed by atoms with Crippen LogP contribution in [0.3, 0.4) is 0 Å². The van der Waals surface area contributed by atoms with Crippen LogP contribution < -0.4 is 0 Å². The highest BCUT2D eigenvalue weighted by atomic mass is 35.5. The largest absolute Gasteiger partial charge is 0.328 e. The van der Waals surface area contributed by atoms with Gasteiger partial charge in [0.05, 0.1) is 11.0 Å². The van der Waals surface area contributed by atoms with E-state index in [0.717, 1.165) is 29.3 Å². The zero-order chi connectivity index (χ0) is 10.1. The minimum atomic E-state index is 0.749. The maximum absolute atomic E-state index is 5.91. The lowest BCUT2D eigenvalue weighted by molar-refractivity contribution is 0.676. The van der Waals surface area contributed by atoms with Crippen LogP contribution in [-0.2, 0) is 6.54 Å². The Morgan fingerprint density at radius 3 is 2.93 bits per heavy atom. The topological polar surface area (TPSA) is 17.8 Å². The molecule has 2 aromatic rings. The van der Waals surface area contributed by atoms with Crippen LogP contribution in [0.2, 0.25) is 5.02 Å². The van der Waals surface area contributed by atoms with Crippen LogP contribution >= 0.6 is 11.6 Å². The van der Waals surface area contributed by atoms with Crippen LogP contribution in [0.4, 0.5) is 0 Å². The normalized spacial score (nSPS) is 11.1. The second-order valence-electron chi connectivity index (χ2n) is 3.44. The number of hydrogen-bond acceptors (Lipinski definition) is 1. The van der Waals surface area contributed by atoms with E-state index in [1.54, 1.807) is 0 Å². The lowest BCUT2D eigenvalue weighted by atomic mass is 10.3. The Labute approximate surface area is 88.5 Å². The number of hydrogen-bond donors (Lipinski definition) is 0. The van der Waals surface area contributed by atoms with Gasteiger partial charge in [0.15, 0.2) is 0 Å². The molecule has 0 aliphatic rings. The van der Waals surface area contributed by atoms with E-state index in [9.17, 15) is 0 Å². The monoisotopic (exact) mass is 208 g/mol. The van der Waals surface area contributed by atoms with Crippen molar-refractivity contribution in [3.8, 4) is 0 Å². The Kier molecular flexibility index (Phi) is 2.46. The third-order valence-corrected chi connectivity index (χ3v) is 2.58. The molecular formula is C11H13ClN2. The molecule has 1 aromatic carbocycles. The summed E-state index contributed by atoms with van der Waals surface area (Å²) in [5.41, 5.74) is 2.16. The van der Waals surface area contributed by atoms with Gasteiger partial charge in [-0.3, -0.25) is 0 Å². The van der Waals surface area contributed by atoms with Crippen LogP contribution in [0.25, 0.3) is 11.0 Å². The van der Waals surface area contributed by atoms with Gasteiger partial charge in [0, 0.05) is 11.6 Å². The Balaban J connectivity index is 2.64. The van der Waals surface area contributed by atoms with Gasteiger partial charge in [-0.1, -0.05) is 18.5 Å². The van der Waals surface area contributed by atoms with Crippen LogP contribution in [-0.4, -0.2) is 9.55 Å². The summed E-state index contributed by atoms with van der Waals surface area (Å²) in [6.45, 7) is 5.22. The van der Waals surface area contributed by atoms with E-state index < -0.39 is 0 Å². The minimum Gasteiger partial charge on any atom is -0.328 e. The van der Waals surface area contributed by atoms with E-state index in [-0.39, 0.29) is 0 Å². The van der Waals surface area contributed by atoms with Crippen LogP contribution in [0.15, 0.2) is 18.2 Å². The van der Waals surface area contributed by atoms with E-state index in [2.05, 4.69) is 16.5 Å². The predicted molar refractivity (Wildman–Crippen MR) is 59.8 cm³/mol. The molecular weight excluding hydrogens is 196 g/mol. The standard InChI is InChI=1S/C11H13ClN2/c1-3-6-14-8(2)13-10-7-9(12)4-5-11(10)14/h4-5,7H,3,6H2,1-2H3. The van der Waals surface area contributed by atoms with E-state index in [0.29, 0.717) is 0 Å². The van der Waals surface area contributed by atoms with Gasteiger partial charge in [0.2, 0.25) is 0 Å². The van der Waals surface area contributed by atoms with Crippen molar-refractivity contribution in [2.45, 2.75) is 26.8 Å². The van der Waals surface area contributed by atoms with Gasteiger partial charge in [0.25, 0.3) is 0 Å². The second kappa shape index (κ2) is 3.62. The smallest absolute Gasteiger partial charge is 0.106 e. The molecule has 1 aromatic heterocycles. The molecule has 0 amide bonds. The number of fused-ring (bicyclic) bond motifs is 1. The van der Waals surface area contributed by atoms with Crippen molar-refractivity contribution in [3.05, 3.63) is 29.0 Å².